The summed E-state index contributed by atoms with van der Waals surface area (Å²) >= 11 is 1.45. The van der Waals surface area contributed by atoms with E-state index >= 15 is 0 Å². The van der Waals surface area contributed by atoms with Gasteiger partial charge in [-0.3, -0.25) is 4.79 Å². The second-order valence-corrected chi connectivity index (χ2v) is 9.10. The number of rotatable bonds is 6. The lowest BCUT2D eigenvalue weighted by atomic mass is 10.2. The molecule has 2 aromatic carbocycles. The number of morpholine rings is 1. The minimum absolute atomic E-state index is 0.175. The van der Waals surface area contributed by atoms with Crippen molar-refractivity contribution >= 4 is 33.4 Å². The highest BCUT2D eigenvalue weighted by Crippen LogP contribution is 2.23. The van der Waals surface area contributed by atoms with Crippen molar-refractivity contribution in [3.63, 3.8) is 0 Å². The normalized spacial score (nSPS) is 15.4. The molecule has 0 atom stereocenters. The number of benzene rings is 2. The molecule has 1 aliphatic rings. The van der Waals surface area contributed by atoms with E-state index < -0.39 is 10.0 Å². The van der Waals surface area contributed by atoms with E-state index in [1.165, 1.54) is 22.1 Å². The maximum absolute atomic E-state index is 12.7. The lowest BCUT2D eigenvalue weighted by Gasteiger charge is -2.26. The van der Waals surface area contributed by atoms with Crippen LogP contribution < -0.4 is 5.32 Å². The van der Waals surface area contributed by atoms with Crippen LogP contribution in [0.2, 0.25) is 0 Å². The van der Waals surface area contributed by atoms with Crippen LogP contribution in [0.15, 0.2) is 58.3 Å². The SMILES string of the molecule is Cc1ccccc1SCC(=O)Nc1cccc(S(=O)(=O)N2CCOCC2)c1. The largest absolute Gasteiger partial charge is 0.379 e. The number of carbonyl (C=O) groups is 1. The maximum Gasteiger partial charge on any atom is 0.243 e. The van der Waals surface area contributed by atoms with Crippen LogP contribution in [0.4, 0.5) is 5.69 Å². The summed E-state index contributed by atoms with van der Waals surface area (Å²) < 4.78 is 32.1. The third-order valence-electron chi connectivity index (χ3n) is 4.18. The van der Waals surface area contributed by atoms with E-state index in [1.807, 2.05) is 31.2 Å². The highest BCUT2D eigenvalue weighted by molar-refractivity contribution is 8.00. The standard InChI is InChI=1S/C19H22N2O4S2/c1-15-5-2-3-8-18(15)26-14-19(22)20-16-6-4-7-17(13-16)27(23,24)21-9-11-25-12-10-21/h2-8,13H,9-12,14H2,1H3,(H,20,22). The Labute approximate surface area is 164 Å². The van der Waals surface area contributed by atoms with Crippen molar-refractivity contribution in [3.05, 3.63) is 54.1 Å². The lowest BCUT2D eigenvalue weighted by Crippen LogP contribution is -2.40. The number of ether oxygens (including phenoxy) is 1. The van der Waals surface area contributed by atoms with Crippen molar-refractivity contribution in [3.8, 4) is 0 Å². The minimum Gasteiger partial charge on any atom is -0.379 e. The molecule has 0 bridgehead atoms. The first-order chi connectivity index (χ1) is 13.0. The Balaban J connectivity index is 1.65. The summed E-state index contributed by atoms with van der Waals surface area (Å²) in [5, 5.41) is 2.78. The number of nitrogens with zero attached hydrogens (tertiary/aromatic N) is 1. The van der Waals surface area contributed by atoms with Crippen LogP contribution in [-0.2, 0) is 19.6 Å². The van der Waals surface area contributed by atoms with Gasteiger partial charge < -0.3 is 10.1 Å². The van der Waals surface area contributed by atoms with Crippen LogP contribution in [0.1, 0.15) is 5.56 Å². The molecular weight excluding hydrogens is 384 g/mol. The Morgan fingerprint density at radius 2 is 1.89 bits per heavy atom. The Morgan fingerprint density at radius 3 is 2.63 bits per heavy atom. The lowest BCUT2D eigenvalue weighted by molar-refractivity contribution is -0.113. The summed E-state index contributed by atoms with van der Waals surface area (Å²) in [5.74, 6) is 0.0786. The Hall–Kier alpha value is -1.87. The van der Waals surface area contributed by atoms with Crippen molar-refractivity contribution in [2.75, 3.05) is 37.4 Å². The van der Waals surface area contributed by atoms with E-state index in [2.05, 4.69) is 5.32 Å². The summed E-state index contributed by atoms with van der Waals surface area (Å²) in [4.78, 5) is 13.5. The maximum atomic E-state index is 12.7. The molecule has 0 radical (unpaired) electrons. The third-order valence-corrected chi connectivity index (χ3v) is 7.25. The topological polar surface area (TPSA) is 75.7 Å². The minimum atomic E-state index is -3.58. The molecule has 1 heterocycles. The molecule has 0 aliphatic carbocycles. The molecule has 6 nitrogen and oxygen atoms in total. The molecule has 27 heavy (non-hydrogen) atoms. The molecule has 0 unspecified atom stereocenters. The van der Waals surface area contributed by atoms with Crippen LogP contribution in [0.3, 0.4) is 0 Å². The summed E-state index contributed by atoms with van der Waals surface area (Å²) in [6.07, 6.45) is 0. The van der Waals surface area contributed by atoms with Crippen LogP contribution in [0.25, 0.3) is 0 Å². The number of amides is 1. The van der Waals surface area contributed by atoms with Gasteiger partial charge in [0.05, 0.1) is 23.9 Å². The number of hydrogen-bond donors (Lipinski definition) is 1. The van der Waals surface area contributed by atoms with E-state index in [-0.39, 0.29) is 16.6 Å². The zero-order valence-electron chi connectivity index (χ0n) is 15.1. The van der Waals surface area contributed by atoms with Gasteiger partial charge in [-0.15, -0.1) is 11.8 Å². The monoisotopic (exact) mass is 406 g/mol. The van der Waals surface area contributed by atoms with Crippen molar-refractivity contribution in [1.82, 2.24) is 4.31 Å². The van der Waals surface area contributed by atoms with Gasteiger partial charge >= 0.3 is 0 Å². The van der Waals surface area contributed by atoms with Gasteiger partial charge in [-0.1, -0.05) is 24.3 Å². The number of hydrogen-bond acceptors (Lipinski definition) is 5. The van der Waals surface area contributed by atoms with Crippen molar-refractivity contribution < 1.29 is 17.9 Å². The molecule has 1 aliphatic heterocycles. The van der Waals surface area contributed by atoms with Crippen LogP contribution >= 0.6 is 11.8 Å². The Bertz CT molecular complexity index is 909. The average Bonchev–Trinajstić information content (AvgIpc) is 2.68. The number of anilines is 1. The van der Waals surface area contributed by atoms with E-state index in [0.29, 0.717) is 32.0 Å². The zero-order chi connectivity index (χ0) is 19.3. The molecule has 1 amide bonds. The van der Waals surface area contributed by atoms with E-state index in [4.69, 9.17) is 4.74 Å². The molecule has 8 heteroatoms. The van der Waals surface area contributed by atoms with Crippen LogP contribution in [0.5, 0.6) is 0 Å². The van der Waals surface area contributed by atoms with Gasteiger partial charge in [0, 0.05) is 23.7 Å². The van der Waals surface area contributed by atoms with Gasteiger partial charge in [0.2, 0.25) is 15.9 Å². The van der Waals surface area contributed by atoms with E-state index in [1.54, 1.807) is 18.2 Å². The predicted molar refractivity (Wildman–Crippen MR) is 107 cm³/mol. The fraction of sp³-hybridized carbons (Fsp3) is 0.316. The molecule has 0 aromatic heterocycles. The zero-order valence-corrected chi connectivity index (χ0v) is 16.7. The average molecular weight is 407 g/mol. The molecular formula is C19H22N2O4S2. The van der Waals surface area contributed by atoms with Crippen molar-refractivity contribution in [2.45, 2.75) is 16.7 Å². The number of nitrogens with one attached hydrogen (secondary N) is 1. The fourth-order valence-electron chi connectivity index (χ4n) is 2.73. The summed E-state index contributed by atoms with van der Waals surface area (Å²) in [6.45, 7) is 3.47. The first kappa shape index (κ1) is 19.9. The van der Waals surface area contributed by atoms with Gasteiger partial charge in [0.25, 0.3) is 0 Å². The first-order valence-electron chi connectivity index (χ1n) is 8.63. The first-order valence-corrected chi connectivity index (χ1v) is 11.1. The number of sulfonamides is 1. The Kier molecular flexibility index (Phi) is 6.54. The van der Waals surface area contributed by atoms with Gasteiger partial charge in [-0.25, -0.2) is 8.42 Å². The van der Waals surface area contributed by atoms with Gasteiger partial charge in [0.15, 0.2) is 0 Å². The number of aryl methyl sites for hydroxylation is 1. The van der Waals surface area contributed by atoms with Crippen LogP contribution in [-0.4, -0.2) is 50.7 Å². The van der Waals surface area contributed by atoms with Crippen molar-refractivity contribution in [2.24, 2.45) is 0 Å². The summed E-state index contributed by atoms with van der Waals surface area (Å²) in [5.41, 5.74) is 1.59. The molecule has 144 valence electrons. The third kappa shape index (κ3) is 5.10. The predicted octanol–water partition coefficient (Wildman–Crippen LogP) is 2.75. The molecule has 0 saturated carbocycles. The number of carbonyl (C=O) groups excluding carboxylic acids is 1. The summed E-state index contributed by atoms with van der Waals surface area (Å²) in [6, 6.07) is 14.2. The van der Waals surface area contributed by atoms with E-state index in [9.17, 15) is 13.2 Å². The summed E-state index contributed by atoms with van der Waals surface area (Å²) in [7, 11) is -3.58. The highest BCUT2D eigenvalue weighted by atomic mass is 32.2. The van der Waals surface area contributed by atoms with Gasteiger partial charge in [-0.05, 0) is 36.8 Å². The second-order valence-electron chi connectivity index (χ2n) is 6.15. The molecule has 1 saturated heterocycles. The van der Waals surface area contributed by atoms with Crippen LogP contribution in [0, 0.1) is 6.92 Å². The van der Waals surface area contributed by atoms with E-state index in [0.717, 1.165) is 10.5 Å². The molecule has 0 spiro atoms. The Morgan fingerprint density at radius 1 is 1.15 bits per heavy atom. The quantitative estimate of drug-likeness (QED) is 0.747. The molecule has 2 aromatic rings. The second kappa shape index (κ2) is 8.88. The van der Waals surface area contributed by atoms with Gasteiger partial charge in [0.1, 0.15) is 0 Å². The number of thioether (sulfide) groups is 1. The smallest absolute Gasteiger partial charge is 0.243 e. The molecule has 1 fully saturated rings. The van der Waals surface area contributed by atoms with Crippen molar-refractivity contribution in [1.29, 1.82) is 0 Å². The molecule has 1 N–H and O–H groups in total. The highest BCUT2D eigenvalue weighted by Gasteiger charge is 2.26. The fourth-order valence-corrected chi connectivity index (χ4v) is 5.01. The molecule has 3 rings (SSSR count). The van der Waals surface area contributed by atoms with Gasteiger partial charge in [-0.2, -0.15) is 4.31 Å².